The van der Waals surface area contributed by atoms with Crippen molar-refractivity contribution in [1.29, 1.82) is 0 Å². The Labute approximate surface area is 244 Å². The van der Waals surface area contributed by atoms with Crippen molar-refractivity contribution in [3.8, 4) is 11.1 Å². The zero-order valence-electron chi connectivity index (χ0n) is 21.5. The molecule has 0 heterocycles. The van der Waals surface area contributed by atoms with Crippen molar-refractivity contribution in [3.05, 3.63) is 93.0 Å². The number of benzene rings is 3. The van der Waals surface area contributed by atoms with Crippen LogP contribution in [0.25, 0.3) is 11.1 Å². The van der Waals surface area contributed by atoms with Gasteiger partial charge in [0.15, 0.2) is 0 Å². The summed E-state index contributed by atoms with van der Waals surface area (Å²) in [7, 11) is 0. The minimum Gasteiger partial charge on any atom is -0.478 e. The number of hydrogen-bond acceptors (Lipinski definition) is 6. The van der Waals surface area contributed by atoms with Gasteiger partial charge in [0, 0.05) is 0 Å². The number of rotatable bonds is 9. The molecule has 0 atom stereocenters. The fourth-order valence-electron chi connectivity index (χ4n) is 4.87. The third kappa shape index (κ3) is 5.36. The molecule has 0 aliphatic heterocycles. The summed E-state index contributed by atoms with van der Waals surface area (Å²) in [6.07, 6.45) is -13.5. The van der Waals surface area contributed by atoms with Gasteiger partial charge < -0.3 is 30.6 Å². The van der Waals surface area contributed by atoms with E-state index in [1.165, 1.54) is 0 Å². The molecule has 0 saturated heterocycles. The SMILES string of the molecule is O=C(O)c1ccc(-c2ccc(C(c3cccc(C(=O)O)c3C(=O)O)(C(F)(F)F)C(F)(F)F)c(C(=O)O)c2C(=O)O)cc1C(=O)O. The first kappa shape index (κ1) is 33.6. The van der Waals surface area contributed by atoms with Crippen LogP contribution in [0.2, 0.25) is 0 Å². The van der Waals surface area contributed by atoms with Crippen LogP contribution in [0.15, 0.2) is 48.5 Å². The summed E-state index contributed by atoms with van der Waals surface area (Å²) in [4.78, 5) is 71.3. The molecule has 0 fully saturated rings. The summed E-state index contributed by atoms with van der Waals surface area (Å²) in [6.45, 7) is 0. The van der Waals surface area contributed by atoms with E-state index in [1.807, 2.05) is 0 Å². The van der Waals surface area contributed by atoms with Gasteiger partial charge in [-0.1, -0.05) is 30.3 Å². The van der Waals surface area contributed by atoms with E-state index in [9.17, 15) is 85.7 Å². The maximum Gasteiger partial charge on any atom is 0.411 e. The molecule has 0 amide bonds. The molecular weight excluding hydrogens is 630 g/mol. The number of carboxylic acid groups (broad SMARTS) is 6. The van der Waals surface area contributed by atoms with Crippen LogP contribution >= 0.6 is 0 Å². The molecule has 3 aromatic carbocycles. The van der Waals surface area contributed by atoms with E-state index in [2.05, 4.69) is 0 Å². The lowest BCUT2D eigenvalue weighted by molar-refractivity contribution is -0.288. The molecule has 0 bridgehead atoms. The Balaban J connectivity index is 2.71. The van der Waals surface area contributed by atoms with Gasteiger partial charge in [0.1, 0.15) is 0 Å². The van der Waals surface area contributed by atoms with Gasteiger partial charge in [-0.2, -0.15) is 26.3 Å². The Morgan fingerprint density at radius 2 is 0.933 bits per heavy atom. The van der Waals surface area contributed by atoms with Gasteiger partial charge in [-0.25, -0.2) is 28.8 Å². The van der Waals surface area contributed by atoms with Crippen LogP contribution in [0.1, 0.15) is 73.3 Å². The van der Waals surface area contributed by atoms with Gasteiger partial charge in [0.2, 0.25) is 5.41 Å². The van der Waals surface area contributed by atoms with Crippen LogP contribution in [-0.2, 0) is 5.41 Å². The maximum atomic E-state index is 15.0. The van der Waals surface area contributed by atoms with Gasteiger partial charge in [-0.05, 0) is 40.5 Å². The summed E-state index contributed by atoms with van der Waals surface area (Å²) in [5.74, 6) is -13.7. The Kier molecular flexibility index (Phi) is 8.42. The molecule has 236 valence electrons. The second-order valence-electron chi connectivity index (χ2n) is 8.98. The zero-order valence-corrected chi connectivity index (χ0v) is 21.5. The number of hydrogen-bond donors (Lipinski definition) is 6. The fraction of sp³-hybridized carbons (Fsp3) is 0.111. The molecule has 3 aromatic rings. The summed E-state index contributed by atoms with van der Waals surface area (Å²) in [5.41, 5.74) is -21.4. The molecular formula is C27H14F6O12. The predicted octanol–water partition coefficient (Wildman–Crippen LogP) is 4.95. The average molecular weight is 644 g/mol. The highest BCUT2D eigenvalue weighted by molar-refractivity contribution is 6.09. The van der Waals surface area contributed by atoms with Crippen LogP contribution in [0.4, 0.5) is 26.3 Å². The monoisotopic (exact) mass is 644 g/mol. The van der Waals surface area contributed by atoms with E-state index >= 15 is 0 Å². The molecule has 0 saturated carbocycles. The minimum atomic E-state index is -6.73. The highest BCUT2D eigenvalue weighted by Crippen LogP contribution is 2.58. The first-order valence-electron chi connectivity index (χ1n) is 11.6. The van der Waals surface area contributed by atoms with Crippen LogP contribution in [0, 0.1) is 0 Å². The van der Waals surface area contributed by atoms with E-state index in [0.29, 0.717) is 30.3 Å². The topological polar surface area (TPSA) is 224 Å². The first-order chi connectivity index (χ1) is 20.6. The zero-order chi connectivity index (χ0) is 34.4. The van der Waals surface area contributed by atoms with Crippen molar-refractivity contribution in [1.82, 2.24) is 0 Å². The maximum absolute atomic E-state index is 15.0. The van der Waals surface area contributed by atoms with Crippen LogP contribution in [0.3, 0.4) is 0 Å². The molecule has 3 rings (SSSR count). The lowest BCUT2D eigenvalue weighted by Gasteiger charge is -2.40. The van der Waals surface area contributed by atoms with E-state index in [1.54, 1.807) is 0 Å². The quantitative estimate of drug-likeness (QED) is 0.170. The lowest BCUT2D eigenvalue weighted by Crippen LogP contribution is -2.56. The predicted molar refractivity (Wildman–Crippen MR) is 133 cm³/mol. The molecule has 6 N–H and O–H groups in total. The van der Waals surface area contributed by atoms with E-state index in [4.69, 9.17) is 0 Å². The number of carbonyl (C=O) groups is 6. The first-order valence-corrected chi connectivity index (χ1v) is 11.6. The van der Waals surface area contributed by atoms with Crippen molar-refractivity contribution in [2.24, 2.45) is 0 Å². The Hall–Kier alpha value is -5.94. The fourth-order valence-corrected chi connectivity index (χ4v) is 4.87. The van der Waals surface area contributed by atoms with E-state index < -0.39 is 109 Å². The molecule has 18 heteroatoms. The van der Waals surface area contributed by atoms with Gasteiger partial charge >= 0.3 is 48.2 Å². The smallest absolute Gasteiger partial charge is 0.411 e. The highest BCUT2D eigenvalue weighted by Gasteiger charge is 2.74. The van der Waals surface area contributed by atoms with Crippen molar-refractivity contribution >= 4 is 35.8 Å². The number of aromatic carboxylic acids is 6. The van der Waals surface area contributed by atoms with Crippen molar-refractivity contribution in [2.75, 3.05) is 0 Å². The molecule has 12 nitrogen and oxygen atoms in total. The van der Waals surface area contributed by atoms with E-state index in [0.717, 1.165) is 0 Å². The van der Waals surface area contributed by atoms with Crippen molar-refractivity contribution in [3.63, 3.8) is 0 Å². The third-order valence-electron chi connectivity index (χ3n) is 6.59. The van der Waals surface area contributed by atoms with Crippen LogP contribution < -0.4 is 0 Å². The second-order valence-corrected chi connectivity index (χ2v) is 8.98. The molecule has 0 aliphatic rings. The Morgan fingerprint density at radius 1 is 0.467 bits per heavy atom. The van der Waals surface area contributed by atoms with Crippen LogP contribution in [0.5, 0.6) is 0 Å². The van der Waals surface area contributed by atoms with Crippen LogP contribution in [-0.4, -0.2) is 78.8 Å². The number of carboxylic acids is 6. The average Bonchev–Trinajstić information content (AvgIpc) is 2.90. The molecule has 0 unspecified atom stereocenters. The van der Waals surface area contributed by atoms with Gasteiger partial charge in [-0.3, -0.25) is 0 Å². The van der Waals surface area contributed by atoms with Crippen molar-refractivity contribution in [2.45, 2.75) is 17.8 Å². The van der Waals surface area contributed by atoms with Gasteiger partial charge in [0.25, 0.3) is 0 Å². The molecule has 0 aliphatic carbocycles. The summed E-state index contributed by atoms with van der Waals surface area (Å²) in [5, 5.41) is 57.3. The Bertz CT molecular complexity index is 1790. The van der Waals surface area contributed by atoms with Crippen molar-refractivity contribution < 1.29 is 85.7 Å². The van der Waals surface area contributed by atoms with E-state index in [-0.39, 0.29) is 18.2 Å². The minimum absolute atomic E-state index is 0.0549. The molecule has 0 aromatic heterocycles. The third-order valence-corrected chi connectivity index (χ3v) is 6.59. The molecule has 0 radical (unpaired) electrons. The lowest BCUT2D eigenvalue weighted by atomic mass is 9.68. The highest BCUT2D eigenvalue weighted by atomic mass is 19.4. The molecule has 45 heavy (non-hydrogen) atoms. The van der Waals surface area contributed by atoms with Gasteiger partial charge in [-0.15, -0.1) is 0 Å². The summed E-state index contributed by atoms with van der Waals surface area (Å²) >= 11 is 0. The summed E-state index contributed by atoms with van der Waals surface area (Å²) in [6, 6.07) is 2.57. The second kappa shape index (κ2) is 11.3. The largest absolute Gasteiger partial charge is 0.478 e. The number of alkyl halides is 6. The van der Waals surface area contributed by atoms with Gasteiger partial charge in [0.05, 0.1) is 33.4 Å². The Morgan fingerprint density at radius 3 is 1.36 bits per heavy atom. The molecule has 0 spiro atoms. The summed E-state index contributed by atoms with van der Waals surface area (Å²) < 4.78 is 89.8. The standard InChI is InChI=1S/C27H14F6O12/c28-26(29,30)25(27(31,32)33,14-3-1-2-12(20(36)37)16(14)22(40)41)15-7-6-10(17(23(42)43)18(15)24(44)45)9-4-5-11(19(34)35)13(8-9)21(38)39/h1-8H,(H,34,35)(H,36,37)(H,38,39)(H,40,41)(H,42,43)(H,44,45). The number of halogens is 6. The normalized spacial score (nSPS) is 12.0.